The van der Waals surface area contributed by atoms with E-state index in [-0.39, 0.29) is 5.91 Å². The Labute approximate surface area is 161 Å². The van der Waals surface area contributed by atoms with Gasteiger partial charge in [0.05, 0.1) is 7.11 Å². The normalized spacial score (nSPS) is 17.5. The van der Waals surface area contributed by atoms with Crippen molar-refractivity contribution in [1.82, 2.24) is 10.2 Å². The molecule has 2 aliphatic rings. The van der Waals surface area contributed by atoms with Crippen molar-refractivity contribution in [2.45, 2.75) is 32.1 Å². The third-order valence-corrected chi connectivity index (χ3v) is 4.93. The predicted molar refractivity (Wildman–Crippen MR) is 106 cm³/mol. The third kappa shape index (κ3) is 5.89. The number of rotatable bonds is 7. The SMILES string of the molecule is COc1cc(/C=C/C(=O)NCCCN2CCCCCC2)cc2c1OCCO2. The van der Waals surface area contributed by atoms with Gasteiger partial charge in [-0.15, -0.1) is 0 Å². The van der Waals surface area contributed by atoms with Gasteiger partial charge in [-0.3, -0.25) is 4.79 Å². The number of likely N-dealkylation sites (tertiary alicyclic amines) is 1. The summed E-state index contributed by atoms with van der Waals surface area (Å²) in [4.78, 5) is 14.6. The molecule has 0 radical (unpaired) electrons. The van der Waals surface area contributed by atoms with Gasteiger partial charge in [-0.05, 0) is 62.7 Å². The van der Waals surface area contributed by atoms with Crippen LogP contribution in [0, 0.1) is 0 Å². The average Bonchev–Trinajstić information content (AvgIpc) is 2.98. The maximum atomic E-state index is 12.1. The maximum absolute atomic E-state index is 12.1. The van der Waals surface area contributed by atoms with E-state index in [0.717, 1.165) is 18.5 Å². The molecule has 1 N–H and O–H groups in total. The zero-order chi connectivity index (χ0) is 18.9. The number of carbonyl (C=O) groups is 1. The summed E-state index contributed by atoms with van der Waals surface area (Å²) in [6, 6.07) is 3.71. The molecule has 0 unspecified atom stereocenters. The Morgan fingerprint density at radius 2 is 1.96 bits per heavy atom. The third-order valence-electron chi connectivity index (χ3n) is 4.93. The summed E-state index contributed by atoms with van der Waals surface area (Å²) in [6.45, 7) is 5.17. The summed E-state index contributed by atoms with van der Waals surface area (Å²) in [5.74, 6) is 1.81. The molecule has 2 aliphatic heterocycles. The second kappa shape index (κ2) is 10.2. The molecule has 0 spiro atoms. The number of benzene rings is 1. The lowest BCUT2D eigenvalue weighted by Gasteiger charge is -2.21. The van der Waals surface area contributed by atoms with Crippen molar-refractivity contribution >= 4 is 12.0 Å². The molecule has 0 bridgehead atoms. The zero-order valence-corrected chi connectivity index (χ0v) is 16.2. The first kappa shape index (κ1) is 19.5. The fraction of sp³-hybridized carbons (Fsp3) is 0.571. The van der Waals surface area contributed by atoms with Gasteiger partial charge in [0.15, 0.2) is 11.5 Å². The Kier molecular flexibility index (Phi) is 7.39. The monoisotopic (exact) mass is 374 g/mol. The molecule has 1 aromatic rings. The molecule has 2 heterocycles. The molecule has 148 valence electrons. The fourth-order valence-electron chi connectivity index (χ4n) is 3.49. The van der Waals surface area contributed by atoms with Gasteiger partial charge in [0.25, 0.3) is 0 Å². The second-order valence-electron chi connectivity index (χ2n) is 6.98. The topological polar surface area (TPSA) is 60.0 Å². The first-order valence-electron chi connectivity index (χ1n) is 9.92. The van der Waals surface area contributed by atoms with Crippen LogP contribution in [-0.4, -0.2) is 57.3 Å². The van der Waals surface area contributed by atoms with Gasteiger partial charge in [-0.25, -0.2) is 0 Å². The molecule has 0 aromatic heterocycles. The van der Waals surface area contributed by atoms with E-state index in [1.165, 1.54) is 38.8 Å². The Bertz CT molecular complexity index is 635. The minimum Gasteiger partial charge on any atom is -0.493 e. The summed E-state index contributed by atoms with van der Waals surface area (Å²) >= 11 is 0. The number of hydrogen-bond acceptors (Lipinski definition) is 5. The van der Waals surface area contributed by atoms with Crippen LogP contribution < -0.4 is 19.5 Å². The van der Waals surface area contributed by atoms with Gasteiger partial charge in [0, 0.05) is 12.6 Å². The van der Waals surface area contributed by atoms with Crippen molar-refractivity contribution in [3.63, 3.8) is 0 Å². The number of fused-ring (bicyclic) bond motifs is 1. The van der Waals surface area contributed by atoms with Crippen molar-refractivity contribution in [2.24, 2.45) is 0 Å². The standard InChI is InChI=1S/C21H30N2O4/c1-25-18-15-17(16-19-21(18)27-14-13-26-19)7-8-20(24)22-9-6-12-23-10-4-2-3-5-11-23/h7-8,15-16H,2-6,9-14H2,1H3,(H,22,24)/b8-7+. The molecule has 6 heteroatoms. The quantitative estimate of drug-likeness (QED) is 0.587. The van der Waals surface area contributed by atoms with E-state index < -0.39 is 0 Å². The van der Waals surface area contributed by atoms with Crippen molar-refractivity contribution in [2.75, 3.05) is 46.5 Å². The minimum atomic E-state index is -0.0836. The van der Waals surface area contributed by atoms with Gasteiger partial charge in [-0.1, -0.05) is 12.8 Å². The molecule has 1 amide bonds. The van der Waals surface area contributed by atoms with Crippen LogP contribution in [-0.2, 0) is 4.79 Å². The predicted octanol–water partition coefficient (Wildman–Crippen LogP) is 2.86. The number of nitrogens with zero attached hydrogens (tertiary/aromatic N) is 1. The first-order chi connectivity index (χ1) is 13.3. The lowest BCUT2D eigenvalue weighted by atomic mass is 10.1. The van der Waals surface area contributed by atoms with Crippen LogP contribution in [0.5, 0.6) is 17.2 Å². The summed E-state index contributed by atoms with van der Waals surface area (Å²) < 4.78 is 16.6. The summed E-state index contributed by atoms with van der Waals surface area (Å²) in [6.07, 6.45) is 9.60. The van der Waals surface area contributed by atoms with E-state index >= 15 is 0 Å². The lowest BCUT2D eigenvalue weighted by Crippen LogP contribution is -2.30. The zero-order valence-electron chi connectivity index (χ0n) is 16.2. The molecule has 1 fully saturated rings. The molecule has 0 atom stereocenters. The van der Waals surface area contributed by atoms with Crippen LogP contribution >= 0.6 is 0 Å². The molecule has 6 nitrogen and oxygen atoms in total. The van der Waals surface area contributed by atoms with Crippen LogP contribution in [0.2, 0.25) is 0 Å². The number of ether oxygens (including phenoxy) is 3. The van der Waals surface area contributed by atoms with E-state index in [9.17, 15) is 4.79 Å². The number of carbonyl (C=O) groups excluding carboxylic acids is 1. The Morgan fingerprint density at radius 3 is 2.74 bits per heavy atom. The average molecular weight is 374 g/mol. The molecule has 1 aromatic carbocycles. The fourth-order valence-corrected chi connectivity index (χ4v) is 3.49. The van der Waals surface area contributed by atoms with Gasteiger partial charge < -0.3 is 24.4 Å². The maximum Gasteiger partial charge on any atom is 0.243 e. The molecule has 3 rings (SSSR count). The second-order valence-corrected chi connectivity index (χ2v) is 6.98. The van der Waals surface area contributed by atoms with E-state index in [1.807, 2.05) is 12.1 Å². The number of amides is 1. The largest absolute Gasteiger partial charge is 0.493 e. The summed E-state index contributed by atoms with van der Waals surface area (Å²) in [5, 5.41) is 2.96. The summed E-state index contributed by atoms with van der Waals surface area (Å²) in [5.41, 5.74) is 0.843. The molecular formula is C21H30N2O4. The highest BCUT2D eigenvalue weighted by molar-refractivity contribution is 5.91. The van der Waals surface area contributed by atoms with Crippen LogP contribution in [0.25, 0.3) is 6.08 Å². The van der Waals surface area contributed by atoms with Gasteiger partial charge >= 0.3 is 0 Å². The minimum absolute atomic E-state index is 0.0836. The number of methoxy groups -OCH3 is 1. The van der Waals surface area contributed by atoms with Gasteiger partial charge in [0.1, 0.15) is 13.2 Å². The molecule has 1 saturated heterocycles. The Balaban J connectivity index is 1.45. The van der Waals surface area contributed by atoms with Crippen LogP contribution in [0.15, 0.2) is 18.2 Å². The van der Waals surface area contributed by atoms with Crippen molar-refractivity contribution in [3.05, 3.63) is 23.8 Å². The van der Waals surface area contributed by atoms with Crippen LogP contribution in [0.1, 0.15) is 37.7 Å². The summed E-state index contributed by atoms with van der Waals surface area (Å²) in [7, 11) is 1.60. The van der Waals surface area contributed by atoms with Crippen LogP contribution in [0.3, 0.4) is 0 Å². The number of hydrogen-bond donors (Lipinski definition) is 1. The van der Waals surface area contributed by atoms with E-state index in [0.29, 0.717) is 37.0 Å². The van der Waals surface area contributed by atoms with E-state index in [2.05, 4.69) is 10.2 Å². The first-order valence-corrected chi connectivity index (χ1v) is 9.92. The van der Waals surface area contributed by atoms with Crippen LogP contribution in [0.4, 0.5) is 0 Å². The van der Waals surface area contributed by atoms with Crippen molar-refractivity contribution < 1.29 is 19.0 Å². The number of nitrogens with one attached hydrogen (secondary N) is 1. The molecule has 0 aliphatic carbocycles. The molecule has 27 heavy (non-hydrogen) atoms. The van der Waals surface area contributed by atoms with Gasteiger partial charge in [-0.2, -0.15) is 0 Å². The van der Waals surface area contributed by atoms with Crippen molar-refractivity contribution in [1.29, 1.82) is 0 Å². The van der Waals surface area contributed by atoms with Crippen molar-refractivity contribution in [3.8, 4) is 17.2 Å². The molecular weight excluding hydrogens is 344 g/mol. The highest BCUT2D eigenvalue weighted by Crippen LogP contribution is 2.40. The molecule has 0 saturated carbocycles. The highest BCUT2D eigenvalue weighted by Gasteiger charge is 2.17. The smallest absolute Gasteiger partial charge is 0.243 e. The highest BCUT2D eigenvalue weighted by atomic mass is 16.6. The Hall–Kier alpha value is -2.21. The van der Waals surface area contributed by atoms with Gasteiger partial charge in [0.2, 0.25) is 11.7 Å². The Morgan fingerprint density at radius 1 is 1.19 bits per heavy atom. The van der Waals surface area contributed by atoms with E-state index in [1.54, 1.807) is 19.3 Å². The van der Waals surface area contributed by atoms with E-state index in [4.69, 9.17) is 14.2 Å². The lowest BCUT2D eigenvalue weighted by molar-refractivity contribution is -0.116.